The van der Waals surface area contributed by atoms with Gasteiger partial charge < -0.3 is 0 Å². The van der Waals surface area contributed by atoms with Crippen LogP contribution in [0.5, 0.6) is 0 Å². The fourth-order valence-corrected chi connectivity index (χ4v) is 2.68. The predicted molar refractivity (Wildman–Crippen MR) is 73.6 cm³/mol. The lowest BCUT2D eigenvalue weighted by Gasteiger charge is -2.00. The van der Waals surface area contributed by atoms with Gasteiger partial charge >= 0.3 is 0 Å². The number of nitrogens with two attached hydrogens (primary N) is 1. The van der Waals surface area contributed by atoms with E-state index in [0.29, 0.717) is 5.13 Å². The lowest BCUT2D eigenvalue weighted by Crippen LogP contribution is -2.05. The third-order valence-electron chi connectivity index (χ3n) is 2.89. The number of fused-ring (bicyclic) bond motifs is 1. The lowest BCUT2D eigenvalue weighted by atomic mass is 10.3. The molecule has 5 nitrogen and oxygen atoms in total. The molecule has 6 heteroatoms. The third-order valence-corrected chi connectivity index (χ3v) is 3.66. The minimum atomic E-state index is 0.701. The molecule has 3 N–H and O–H groups in total. The molecule has 18 heavy (non-hydrogen) atoms. The summed E-state index contributed by atoms with van der Waals surface area (Å²) in [5.74, 6) is 5.37. The zero-order chi connectivity index (χ0) is 12.7. The number of hydrogen-bond acceptors (Lipinski definition) is 5. The van der Waals surface area contributed by atoms with Crippen molar-refractivity contribution in [2.45, 2.75) is 13.8 Å². The number of hydrazine groups is 1. The van der Waals surface area contributed by atoms with Crippen LogP contribution in [0.25, 0.3) is 17.0 Å². The van der Waals surface area contributed by atoms with Crippen LogP contribution >= 0.6 is 11.3 Å². The highest BCUT2D eigenvalue weighted by atomic mass is 32.1. The molecule has 3 rings (SSSR count). The first-order valence-corrected chi connectivity index (χ1v) is 6.45. The van der Waals surface area contributed by atoms with E-state index in [9.17, 15) is 0 Å². The number of nitrogens with one attached hydrogen (secondary N) is 1. The quantitative estimate of drug-likeness (QED) is 0.547. The van der Waals surface area contributed by atoms with Gasteiger partial charge in [-0.3, -0.25) is 9.83 Å². The van der Waals surface area contributed by atoms with E-state index in [1.54, 1.807) is 0 Å². The van der Waals surface area contributed by atoms with Crippen LogP contribution in [0, 0.1) is 13.8 Å². The summed E-state index contributed by atoms with van der Waals surface area (Å²) < 4.78 is 2.07. The number of hydrogen-bond donors (Lipinski definition) is 2. The van der Waals surface area contributed by atoms with Gasteiger partial charge in [0, 0.05) is 11.6 Å². The van der Waals surface area contributed by atoms with Gasteiger partial charge in [-0.05, 0) is 25.5 Å². The van der Waals surface area contributed by atoms with E-state index in [1.807, 2.05) is 24.6 Å². The van der Waals surface area contributed by atoms with Gasteiger partial charge in [-0.2, -0.15) is 0 Å². The van der Waals surface area contributed by atoms with Crippen LogP contribution in [0.15, 0.2) is 23.7 Å². The van der Waals surface area contributed by atoms with Crippen LogP contribution in [-0.4, -0.2) is 14.4 Å². The van der Waals surface area contributed by atoms with Crippen LogP contribution in [-0.2, 0) is 0 Å². The SMILES string of the molecule is Cc1nc2c(C)cccn2c1-c1csc(NN)n1. The molecule has 0 aromatic carbocycles. The van der Waals surface area contributed by atoms with Crippen molar-refractivity contribution in [3.63, 3.8) is 0 Å². The van der Waals surface area contributed by atoms with Gasteiger partial charge in [0.15, 0.2) is 5.13 Å². The molecule has 0 unspecified atom stereocenters. The molecule has 0 atom stereocenters. The van der Waals surface area contributed by atoms with E-state index in [4.69, 9.17) is 5.84 Å². The van der Waals surface area contributed by atoms with E-state index in [-0.39, 0.29) is 0 Å². The molecule has 0 aliphatic rings. The summed E-state index contributed by atoms with van der Waals surface area (Å²) in [5.41, 5.74) is 7.57. The molecule has 0 amide bonds. The highest BCUT2D eigenvalue weighted by molar-refractivity contribution is 7.14. The van der Waals surface area contributed by atoms with E-state index < -0.39 is 0 Å². The Balaban J connectivity index is 2.28. The number of thiazole rings is 1. The Kier molecular flexibility index (Phi) is 2.53. The van der Waals surface area contributed by atoms with E-state index in [1.165, 1.54) is 11.3 Å². The molecule has 0 saturated heterocycles. The first kappa shape index (κ1) is 11.2. The Morgan fingerprint density at radius 1 is 1.33 bits per heavy atom. The van der Waals surface area contributed by atoms with E-state index in [2.05, 4.69) is 32.8 Å². The summed E-state index contributed by atoms with van der Waals surface area (Å²) in [5, 5.41) is 2.68. The number of aryl methyl sites for hydroxylation is 2. The third kappa shape index (κ3) is 1.58. The largest absolute Gasteiger partial charge is 0.300 e. The summed E-state index contributed by atoms with van der Waals surface area (Å²) in [6, 6.07) is 4.07. The molecule has 0 bridgehead atoms. The molecule has 3 aromatic rings. The molecule has 0 saturated carbocycles. The molecule has 0 spiro atoms. The van der Waals surface area contributed by atoms with Crippen molar-refractivity contribution in [3.05, 3.63) is 35.0 Å². The van der Waals surface area contributed by atoms with Gasteiger partial charge in [-0.15, -0.1) is 11.3 Å². The second kappa shape index (κ2) is 4.08. The highest BCUT2D eigenvalue weighted by Gasteiger charge is 2.14. The van der Waals surface area contributed by atoms with Crippen LogP contribution in [0.4, 0.5) is 5.13 Å². The maximum atomic E-state index is 5.37. The second-order valence-corrected chi connectivity index (χ2v) is 4.97. The fourth-order valence-electron chi connectivity index (χ4n) is 2.07. The molecule has 3 heterocycles. The average Bonchev–Trinajstić information content (AvgIpc) is 2.93. The Bertz CT molecular complexity index is 712. The first-order chi connectivity index (χ1) is 8.70. The smallest absolute Gasteiger partial charge is 0.197 e. The number of nitrogen functional groups attached to an aromatic ring is 1. The maximum absolute atomic E-state index is 5.37. The highest BCUT2D eigenvalue weighted by Crippen LogP contribution is 2.28. The number of imidazole rings is 1. The summed E-state index contributed by atoms with van der Waals surface area (Å²) in [6.07, 6.45) is 2.01. The molecule has 0 radical (unpaired) electrons. The number of aromatic nitrogens is 3. The van der Waals surface area contributed by atoms with Crippen molar-refractivity contribution in [1.82, 2.24) is 14.4 Å². The minimum Gasteiger partial charge on any atom is -0.300 e. The number of anilines is 1. The maximum Gasteiger partial charge on any atom is 0.197 e. The van der Waals surface area contributed by atoms with Crippen molar-refractivity contribution in [3.8, 4) is 11.4 Å². The summed E-state index contributed by atoms with van der Waals surface area (Å²) >= 11 is 1.48. The van der Waals surface area contributed by atoms with Crippen molar-refractivity contribution in [1.29, 1.82) is 0 Å². The van der Waals surface area contributed by atoms with Crippen molar-refractivity contribution in [2.75, 3.05) is 5.43 Å². The van der Waals surface area contributed by atoms with Crippen LogP contribution < -0.4 is 11.3 Å². The van der Waals surface area contributed by atoms with Crippen LogP contribution in [0.2, 0.25) is 0 Å². The van der Waals surface area contributed by atoms with Gasteiger partial charge in [0.05, 0.1) is 11.4 Å². The number of pyridine rings is 1. The molecule has 3 aromatic heterocycles. The Hall–Kier alpha value is -1.92. The molecule has 92 valence electrons. The molecule has 0 aliphatic carbocycles. The molecular formula is C12H13N5S. The van der Waals surface area contributed by atoms with Gasteiger partial charge in [-0.1, -0.05) is 6.07 Å². The van der Waals surface area contributed by atoms with Gasteiger partial charge in [0.25, 0.3) is 0 Å². The van der Waals surface area contributed by atoms with E-state index in [0.717, 1.165) is 28.3 Å². The normalized spacial score (nSPS) is 11.1. The average molecular weight is 259 g/mol. The van der Waals surface area contributed by atoms with Crippen molar-refractivity contribution < 1.29 is 0 Å². The minimum absolute atomic E-state index is 0.701. The monoisotopic (exact) mass is 259 g/mol. The lowest BCUT2D eigenvalue weighted by molar-refractivity contribution is 1.15. The molecular weight excluding hydrogens is 246 g/mol. The summed E-state index contributed by atoms with van der Waals surface area (Å²) in [6.45, 7) is 4.05. The van der Waals surface area contributed by atoms with Gasteiger partial charge in [0.1, 0.15) is 11.3 Å². The zero-order valence-corrected chi connectivity index (χ0v) is 11.0. The van der Waals surface area contributed by atoms with Crippen LogP contribution in [0.3, 0.4) is 0 Å². The van der Waals surface area contributed by atoms with Crippen molar-refractivity contribution in [2.24, 2.45) is 5.84 Å². The molecule has 0 fully saturated rings. The zero-order valence-electron chi connectivity index (χ0n) is 10.1. The topological polar surface area (TPSA) is 68.2 Å². The fraction of sp³-hybridized carbons (Fsp3) is 0.167. The van der Waals surface area contributed by atoms with E-state index >= 15 is 0 Å². The van der Waals surface area contributed by atoms with Crippen LogP contribution in [0.1, 0.15) is 11.3 Å². The number of rotatable bonds is 2. The van der Waals surface area contributed by atoms with Crippen molar-refractivity contribution >= 4 is 22.1 Å². The summed E-state index contributed by atoms with van der Waals surface area (Å²) in [7, 11) is 0. The van der Waals surface area contributed by atoms with Gasteiger partial charge in [0.2, 0.25) is 0 Å². The Labute approximate surface area is 108 Å². The Morgan fingerprint density at radius 3 is 2.89 bits per heavy atom. The molecule has 0 aliphatic heterocycles. The summed E-state index contributed by atoms with van der Waals surface area (Å²) in [4.78, 5) is 9.03. The first-order valence-electron chi connectivity index (χ1n) is 5.57. The number of nitrogens with zero attached hydrogens (tertiary/aromatic N) is 3. The second-order valence-electron chi connectivity index (χ2n) is 4.11. The standard InChI is InChI=1S/C12H13N5S/c1-7-4-3-5-17-10(8(2)14-11(7)17)9-6-18-12(15-9)16-13/h3-6H,13H2,1-2H3,(H,15,16). The Morgan fingerprint density at radius 2 is 2.17 bits per heavy atom. The predicted octanol–water partition coefficient (Wildman–Crippen LogP) is 2.36. The van der Waals surface area contributed by atoms with Gasteiger partial charge in [-0.25, -0.2) is 15.8 Å².